The van der Waals surface area contributed by atoms with Crippen molar-refractivity contribution in [3.63, 3.8) is 0 Å². The van der Waals surface area contributed by atoms with E-state index in [1.807, 2.05) is 30.3 Å². The average molecular weight is 248 g/mol. The second-order valence-electron chi connectivity index (χ2n) is 3.50. The lowest BCUT2D eigenvalue weighted by Crippen LogP contribution is -1.89. The van der Waals surface area contributed by atoms with E-state index in [0.29, 0.717) is 5.02 Å². The van der Waals surface area contributed by atoms with Crippen LogP contribution in [0.3, 0.4) is 0 Å². The Morgan fingerprint density at radius 3 is 2.24 bits per heavy atom. The van der Waals surface area contributed by atoms with Crippen LogP contribution in [-0.2, 0) is 0 Å². The fourth-order valence-corrected chi connectivity index (χ4v) is 1.84. The molecule has 0 saturated carbocycles. The van der Waals surface area contributed by atoms with Crippen molar-refractivity contribution < 1.29 is 9.47 Å². The number of hydrogen-bond acceptors (Lipinski definition) is 2. The zero-order valence-corrected chi connectivity index (χ0v) is 10.4. The molecule has 2 rings (SSSR count). The first-order chi connectivity index (χ1) is 8.24. The number of hydrogen-bond donors (Lipinski definition) is 0. The van der Waals surface area contributed by atoms with Crippen molar-refractivity contribution >= 4 is 11.6 Å². The topological polar surface area (TPSA) is 18.5 Å². The second-order valence-corrected chi connectivity index (χ2v) is 3.88. The maximum absolute atomic E-state index is 6.11. The highest BCUT2D eigenvalue weighted by Crippen LogP contribution is 2.33. The molecule has 0 spiro atoms. The minimum Gasteiger partial charge on any atom is -0.497 e. The number of benzene rings is 2. The summed E-state index contributed by atoms with van der Waals surface area (Å²) in [4.78, 5) is 0. The van der Waals surface area contributed by atoms with E-state index in [-0.39, 0.29) is 0 Å². The van der Waals surface area contributed by atoms with Gasteiger partial charge in [0, 0.05) is 17.7 Å². The van der Waals surface area contributed by atoms with Gasteiger partial charge >= 0.3 is 0 Å². The van der Waals surface area contributed by atoms with Crippen LogP contribution in [0.15, 0.2) is 36.4 Å². The molecule has 0 aliphatic heterocycles. The van der Waals surface area contributed by atoms with Crippen LogP contribution in [0.1, 0.15) is 0 Å². The summed E-state index contributed by atoms with van der Waals surface area (Å²) in [6.45, 7) is 0. The van der Waals surface area contributed by atoms with Gasteiger partial charge in [-0.05, 0) is 17.7 Å². The Bertz CT molecular complexity index is 501. The Morgan fingerprint density at radius 2 is 1.71 bits per heavy atom. The highest BCUT2D eigenvalue weighted by atomic mass is 35.5. The summed E-state index contributed by atoms with van der Waals surface area (Å²) in [6.07, 6.45) is 0. The SMILES string of the molecule is COc1cc(OC)cc(-c2ccc[c]c2Cl)c1. The highest BCUT2D eigenvalue weighted by molar-refractivity contribution is 6.33. The Kier molecular flexibility index (Phi) is 3.55. The van der Waals surface area contributed by atoms with Gasteiger partial charge < -0.3 is 9.47 Å². The van der Waals surface area contributed by atoms with Crippen LogP contribution in [0.4, 0.5) is 0 Å². The fraction of sp³-hybridized carbons (Fsp3) is 0.143. The summed E-state index contributed by atoms with van der Waals surface area (Å²) in [7, 11) is 3.24. The molecule has 0 bridgehead atoms. The normalized spacial score (nSPS) is 10.1. The summed E-state index contributed by atoms with van der Waals surface area (Å²) in [5.74, 6) is 1.47. The largest absolute Gasteiger partial charge is 0.497 e. The summed E-state index contributed by atoms with van der Waals surface area (Å²) >= 11 is 6.11. The predicted octanol–water partition coefficient (Wildman–Crippen LogP) is 3.82. The van der Waals surface area contributed by atoms with Crippen LogP contribution in [0.5, 0.6) is 11.5 Å². The van der Waals surface area contributed by atoms with E-state index < -0.39 is 0 Å². The monoisotopic (exact) mass is 247 g/mol. The van der Waals surface area contributed by atoms with Gasteiger partial charge in [-0.2, -0.15) is 0 Å². The molecule has 2 nitrogen and oxygen atoms in total. The number of halogens is 1. The van der Waals surface area contributed by atoms with Crippen molar-refractivity contribution in [1.29, 1.82) is 0 Å². The van der Waals surface area contributed by atoms with Crippen LogP contribution in [0.2, 0.25) is 5.02 Å². The fourth-order valence-electron chi connectivity index (χ4n) is 1.60. The molecule has 87 valence electrons. The van der Waals surface area contributed by atoms with E-state index in [9.17, 15) is 0 Å². The Balaban J connectivity index is 2.55. The van der Waals surface area contributed by atoms with Crippen molar-refractivity contribution in [3.05, 3.63) is 47.5 Å². The lowest BCUT2D eigenvalue weighted by atomic mass is 10.1. The van der Waals surface area contributed by atoms with E-state index in [1.54, 1.807) is 20.3 Å². The van der Waals surface area contributed by atoms with Gasteiger partial charge in [0.15, 0.2) is 0 Å². The lowest BCUT2D eigenvalue weighted by molar-refractivity contribution is 0.394. The lowest BCUT2D eigenvalue weighted by Gasteiger charge is -2.09. The van der Waals surface area contributed by atoms with E-state index in [0.717, 1.165) is 22.6 Å². The van der Waals surface area contributed by atoms with Crippen molar-refractivity contribution in [2.24, 2.45) is 0 Å². The molecule has 0 fully saturated rings. The molecule has 0 heterocycles. The van der Waals surface area contributed by atoms with Gasteiger partial charge in [-0.1, -0.05) is 29.8 Å². The maximum atomic E-state index is 6.11. The molecule has 2 aromatic carbocycles. The van der Waals surface area contributed by atoms with Gasteiger partial charge in [-0.25, -0.2) is 0 Å². The molecule has 0 saturated heterocycles. The molecule has 0 unspecified atom stereocenters. The third-order valence-electron chi connectivity index (χ3n) is 2.47. The second kappa shape index (κ2) is 5.11. The highest BCUT2D eigenvalue weighted by Gasteiger charge is 2.07. The van der Waals surface area contributed by atoms with Crippen LogP contribution in [0, 0.1) is 6.07 Å². The third-order valence-corrected chi connectivity index (χ3v) is 2.78. The molecule has 0 aromatic heterocycles. The van der Waals surface area contributed by atoms with Gasteiger partial charge in [-0.3, -0.25) is 0 Å². The smallest absolute Gasteiger partial charge is 0.123 e. The van der Waals surface area contributed by atoms with Crippen LogP contribution < -0.4 is 9.47 Å². The maximum Gasteiger partial charge on any atom is 0.123 e. The summed E-state index contributed by atoms with van der Waals surface area (Å²) in [5, 5.41) is 0.586. The summed E-state index contributed by atoms with van der Waals surface area (Å²) in [5.41, 5.74) is 1.86. The minimum atomic E-state index is 0.586. The first-order valence-electron chi connectivity index (χ1n) is 5.14. The van der Waals surface area contributed by atoms with Gasteiger partial charge in [-0.15, -0.1) is 0 Å². The third kappa shape index (κ3) is 2.53. The molecule has 0 amide bonds. The molecule has 0 atom stereocenters. The van der Waals surface area contributed by atoms with Crippen molar-refractivity contribution in [2.45, 2.75) is 0 Å². The van der Waals surface area contributed by atoms with Gasteiger partial charge in [0.1, 0.15) is 11.5 Å². The molecule has 1 radical (unpaired) electrons. The average Bonchev–Trinajstić information content (AvgIpc) is 2.38. The Morgan fingerprint density at radius 1 is 1.06 bits per heavy atom. The molecular weight excluding hydrogens is 236 g/mol. The molecule has 0 aliphatic carbocycles. The molecule has 17 heavy (non-hydrogen) atoms. The van der Waals surface area contributed by atoms with Crippen molar-refractivity contribution in [1.82, 2.24) is 0 Å². The molecule has 0 aliphatic rings. The summed E-state index contributed by atoms with van der Waals surface area (Å²) < 4.78 is 10.5. The Hall–Kier alpha value is -1.67. The number of methoxy groups -OCH3 is 2. The van der Waals surface area contributed by atoms with Gasteiger partial charge in [0.05, 0.1) is 19.2 Å². The van der Waals surface area contributed by atoms with Crippen LogP contribution in [0.25, 0.3) is 11.1 Å². The zero-order chi connectivity index (χ0) is 12.3. The molecule has 3 heteroatoms. The van der Waals surface area contributed by atoms with E-state index in [4.69, 9.17) is 21.1 Å². The van der Waals surface area contributed by atoms with E-state index in [1.165, 1.54) is 0 Å². The van der Waals surface area contributed by atoms with Crippen molar-refractivity contribution in [3.8, 4) is 22.6 Å². The van der Waals surface area contributed by atoms with Gasteiger partial charge in [0.25, 0.3) is 0 Å². The molecule has 2 aromatic rings. The first kappa shape index (κ1) is 11.8. The standard InChI is InChI=1S/C14H12ClO2/c1-16-11-7-10(8-12(9-11)17-2)13-5-3-4-6-14(13)15/h3-5,7-9H,1-2H3. The predicted molar refractivity (Wildman–Crippen MR) is 68.8 cm³/mol. The van der Waals surface area contributed by atoms with Crippen LogP contribution >= 0.6 is 11.6 Å². The van der Waals surface area contributed by atoms with E-state index >= 15 is 0 Å². The van der Waals surface area contributed by atoms with Crippen LogP contribution in [-0.4, -0.2) is 14.2 Å². The number of rotatable bonds is 3. The number of ether oxygens (including phenoxy) is 2. The first-order valence-corrected chi connectivity index (χ1v) is 5.52. The quantitative estimate of drug-likeness (QED) is 0.821. The molecule has 0 N–H and O–H groups in total. The zero-order valence-electron chi connectivity index (χ0n) is 9.66. The van der Waals surface area contributed by atoms with E-state index in [2.05, 4.69) is 6.07 Å². The van der Waals surface area contributed by atoms with Gasteiger partial charge in [0.2, 0.25) is 0 Å². The minimum absolute atomic E-state index is 0.586. The summed E-state index contributed by atoms with van der Waals surface area (Å²) in [6, 6.07) is 14.2. The Labute approximate surface area is 106 Å². The molecular formula is C14H12ClO2. The van der Waals surface area contributed by atoms with Crippen molar-refractivity contribution in [2.75, 3.05) is 14.2 Å².